The molecule has 0 unspecified atom stereocenters. The highest BCUT2D eigenvalue weighted by molar-refractivity contribution is 5.33. The van der Waals surface area contributed by atoms with Crippen LogP contribution in [-0.2, 0) is 12.8 Å². The zero-order valence-corrected chi connectivity index (χ0v) is 14.0. The Kier molecular flexibility index (Phi) is 3.93. The van der Waals surface area contributed by atoms with E-state index in [4.69, 9.17) is 4.52 Å². The van der Waals surface area contributed by atoms with E-state index in [1.54, 1.807) is 0 Å². The maximum absolute atomic E-state index is 5.50. The fourth-order valence-corrected chi connectivity index (χ4v) is 3.95. The molecule has 23 heavy (non-hydrogen) atoms. The van der Waals surface area contributed by atoms with Gasteiger partial charge in [-0.1, -0.05) is 43.3 Å². The second-order valence-corrected chi connectivity index (χ2v) is 7.29. The van der Waals surface area contributed by atoms with E-state index in [-0.39, 0.29) is 0 Å². The van der Waals surface area contributed by atoms with Crippen molar-refractivity contribution in [2.24, 2.45) is 0 Å². The molecule has 1 fully saturated rings. The number of hydrogen-bond acceptors (Lipinski definition) is 4. The van der Waals surface area contributed by atoms with E-state index in [0.29, 0.717) is 17.9 Å². The van der Waals surface area contributed by atoms with E-state index >= 15 is 0 Å². The van der Waals surface area contributed by atoms with Gasteiger partial charge in [0.15, 0.2) is 5.82 Å². The average Bonchev–Trinajstić information content (AvgIpc) is 3.22. The summed E-state index contributed by atoms with van der Waals surface area (Å²) in [5, 5.41) is 4.11. The number of nitrogens with zero attached hydrogens (tertiary/aromatic N) is 3. The highest BCUT2D eigenvalue weighted by atomic mass is 16.5. The van der Waals surface area contributed by atoms with Crippen molar-refractivity contribution in [2.45, 2.75) is 57.4 Å². The maximum Gasteiger partial charge on any atom is 0.229 e. The molecule has 1 aliphatic heterocycles. The molecule has 0 amide bonds. The van der Waals surface area contributed by atoms with E-state index in [1.807, 2.05) is 0 Å². The van der Waals surface area contributed by atoms with Crippen LogP contribution in [0, 0.1) is 0 Å². The second kappa shape index (κ2) is 6.08. The van der Waals surface area contributed by atoms with Crippen molar-refractivity contribution in [1.82, 2.24) is 15.0 Å². The van der Waals surface area contributed by atoms with Crippen molar-refractivity contribution in [1.29, 1.82) is 0 Å². The quantitative estimate of drug-likeness (QED) is 0.869. The van der Waals surface area contributed by atoms with Crippen LogP contribution in [0.2, 0.25) is 0 Å². The van der Waals surface area contributed by atoms with Crippen LogP contribution in [0.25, 0.3) is 0 Å². The molecule has 4 nitrogen and oxygen atoms in total. The third-order valence-corrected chi connectivity index (χ3v) is 5.40. The summed E-state index contributed by atoms with van der Waals surface area (Å²) in [6.07, 6.45) is 4.68. The summed E-state index contributed by atoms with van der Waals surface area (Å²) < 4.78 is 5.50. The van der Waals surface area contributed by atoms with Crippen molar-refractivity contribution in [3.05, 3.63) is 47.1 Å². The Morgan fingerprint density at radius 1 is 1.09 bits per heavy atom. The first-order valence-electron chi connectivity index (χ1n) is 8.85. The number of piperidine rings is 1. The van der Waals surface area contributed by atoms with Gasteiger partial charge in [0.05, 0.1) is 0 Å². The minimum absolute atomic E-state index is 0.338. The van der Waals surface area contributed by atoms with Gasteiger partial charge >= 0.3 is 0 Å². The Hall–Kier alpha value is -1.68. The summed E-state index contributed by atoms with van der Waals surface area (Å²) in [7, 11) is 0. The summed E-state index contributed by atoms with van der Waals surface area (Å²) in [4.78, 5) is 7.26. The van der Waals surface area contributed by atoms with Crippen molar-refractivity contribution >= 4 is 0 Å². The predicted molar refractivity (Wildman–Crippen MR) is 89.6 cm³/mol. The summed E-state index contributed by atoms with van der Waals surface area (Å²) in [6, 6.07) is 9.58. The van der Waals surface area contributed by atoms with Gasteiger partial charge < -0.3 is 4.52 Å². The lowest BCUT2D eigenvalue weighted by Crippen LogP contribution is -2.41. The van der Waals surface area contributed by atoms with E-state index in [2.05, 4.69) is 53.2 Å². The Morgan fingerprint density at radius 3 is 2.30 bits per heavy atom. The molecule has 4 heteroatoms. The van der Waals surface area contributed by atoms with Crippen molar-refractivity contribution in [2.75, 3.05) is 13.1 Å². The normalized spacial score (nSPS) is 20.3. The third-order valence-electron chi connectivity index (χ3n) is 5.40. The molecule has 0 atom stereocenters. The van der Waals surface area contributed by atoms with E-state index in [0.717, 1.165) is 37.6 Å². The van der Waals surface area contributed by atoms with Gasteiger partial charge in [-0.3, -0.25) is 4.90 Å². The number of likely N-dealkylation sites (tertiary alicyclic amines) is 1. The maximum atomic E-state index is 5.50. The molecular weight excluding hydrogens is 286 g/mol. The van der Waals surface area contributed by atoms with E-state index < -0.39 is 0 Å². The lowest BCUT2D eigenvalue weighted by Gasteiger charge is -2.34. The summed E-state index contributed by atoms with van der Waals surface area (Å²) in [5.74, 6) is 2.47. The molecule has 1 aromatic heterocycles. The minimum atomic E-state index is 0.338. The van der Waals surface area contributed by atoms with E-state index in [9.17, 15) is 0 Å². The zero-order chi connectivity index (χ0) is 15.8. The van der Waals surface area contributed by atoms with Crippen LogP contribution < -0.4 is 0 Å². The molecule has 0 bridgehead atoms. The molecule has 0 radical (unpaired) electrons. The first kappa shape index (κ1) is 14.9. The van der Waals surface area contributed by atoms with Gasteiger partial charge in [0, 0.05) is 17.9 Å². The van der Waals surface area contributed by atoms with Gasteiger partial charge in [-0.15, -0.1) is 0 Å². The predicted octanol–water partition coefficient (Wildman–Crippen LogP) is 3.54. The topological polar surface area (TPSA) is 42.2 Å². The average molecular weight is 311 g/mol. The molecule has 2 heterocycles. The summed E-state index contributed by atoms with van der Waals surface area (Å²) >= 11 is 0. The molecule has 1 saturated heterocycles. The van der Waals surface area contributed by atoms with Gasteiger partial charge in [-0.05, 0) is 49.9 Å². The number of aromatic nitrogens is 2. The van der Waals surface area contributed by atoms with Crippen LogP contribution in [0.1, 0.15) is 61.4 Å². The summed E-state index contributed by atoms with van der Waals surface area (Å²) in [5.41, 5.74) is 3.08. The molecule has 1 aliphatic carbocycles. The molecular formula is C19H25N3O. The van der Waals surface area contributed by atoms with Crippen molar-refractivity contribution in [3.63, 3.8) is 0 Å². The first-order valence-corrected chi connectivity index (χ1v) is 8.85. The summed E-state index contributed by atoms with van der Waals surface area (Å²) in [6.45, 7) is 6.50. The highest BCUT2D eigenvalue weighted by Gasteiger charge is 2.31. The van der Waals surface area contributed by atoms with Crippen molar-refractivity contribution < 1.29 is 4.52 Å². The molecule has 0 spiro atoms. The molecule has 0 saturated carbocycles. The fraction of sp³-hybridized carbons (Fsp3) is 0.579. The van der Waals surface area contributed by atoms with Crippen LogP contribution in [0.5, 0.6) is 0 Å². The van der Waals surface area contributed by atoms with Crippen LogP contribution in [0.15, 0.2) is 28.8 Å². The third kappa shape index (κ3) is 2.92. The fourth-order valence-electron chi connectivity index (χ4n) is 3.95. The molecule has 2 aromatic rings. The van der Waals surface area contributed by atoms with Gasteiger partial charge in [0.25, 0.3) is 0 Å². The smallest absolute Gasteiger partial charge is 0.229 e. The van der Waals surface area contributed by atoms with Gasteiger partial charge in [0.2, 0.25) is 5.89 Å². The van der Waals surface area contributed by atoms with Crippen LogP contribution in [0.4, 0.5) is 0 Å². The van der Waals surface area contributed by atoms with Crippen LogP contribution in [0.3, 0.4) is 0 Å². The number of rotatable bonds is 3. The Morgan fingerprint density at radius 2 is 1.74 bits per heavy atom. The van der Waals surface area contributed by atoms with Crippen LogP contribution in [-0.4, -0.2) is 34.2 Å². The van der Waals surface area contributed by atoms with Gasteiger partial charge in [0.1, 0.15) is 0 Å². The minimum Gasteiger partial charge on any atom is -0.339 e. The Bertz CT molecular complexity index is 646. The molecule has 0 N–H and O–H groups in total. The molecule has 1 aromatic carbocycles. The standard InChI is InChI=1S/C19H25N3O/c1-13(2)18-20-19(23-21-18)14-7-9-22(10-8-14)17-11-15-5-3-4-6-16(15)12-17/h3-6,13-14,17H,7-12H2,1-2H3. The lowest BCUT2D eigenvalue weighted by molar-refractivity contribution is 0.146. The van der Waals surface area contributed by atoms with Gasteiger partial charge in [-0.2, -0.15) is 4.98 Å². The second-order valence-electron chi connectivity index (χ2n) is 7.29. The zero-order valence-electron chi connectivity index (χ0n) is 14.0. The highest BCUT2D eigenvalue weighted by Crippen LogP contribution is 2.32. The molecule has 4 rings (SSSR count). The Labute approximate surface area is 137 Å². The molecule has 2 aliphatic rings. The number of fused-ring (bicyclic) bond motifs is 1. The number of hydrogen-bond donors (Lipinski definition) is 0. The largest absolute Gasteiger partial charge is 0.339 e. The lowest BCUT2D eigenvalue weighted by atomic mass is 9.95. The Balaban J connectivity index is 1.36. The first-order chi connectivity index (χ1) is 11.2. The van der Waals surface area contributed by atoms with E-state index in [1.165, 1.54) is 24.0 Å². The SMILES string of the molecule is CC(C)c1noc(C2CCN(C3Cc4ccccc4C3)CC2)n1. The monoisotopic (exact) mass is 311 g/mol. The molecule has 122 valence electrons. The van der Waals surface area contributed by atoms with Crippen LogP contribution >= 0.6 is 0 Å². The van der Waals surface area contributed by atoms with Crippen molar-refractivity contribution in [3.8, 4) is 0 Å². The van der Waals surface area contributed by atoms with Gasteiger partial charge in [-0.25, -0.2) is 0 Å². The number of benzene rings is 1.